The third-order valence-corrected chi connectivity index (χ3v) is 4.55. The molecule has 1 heterocycles. The van der Waals surface area contributed by atoms with Gasteiger partial charge in [-0.05, 0) is 49.1 Å². The third-order valence-electron chi connectivity index (χ3n) is 4.55. The van der Waals surface area contributed by atoms with Crippen molar-refractivity contribution in [1.29, 1.82) is 0 Å². The summed E-state index contributed by atoms with van der Waals surface area (Å²) in [4.78, 5) is 0. The van der Waals surface area contributed by atoms with Gasteiger partial charge in [-0.25, -0.2) is 0 Å². The highest BCUT2D eigenvalue weighted by molar-refractivity contribution is 5.84. The molecule has 1 aromatic heterocycles. The number of aromatic nitrogens is 1. The number of aliphatic hydroxyl groups is 1. The van der Waals surface area contributed by atoms with Gasteiger partial charge in [-0.15, -0.1) is 0 Å². The van der Waals surface area contributed by atoms with Gasteiger partial charge in [0.15, 0.2) is 0 Å². The maximum Gasteiger partial charge on any atom is 0.0486 e. The van der Waals surface area contributed by atoms with Gasteiger partial charge in [0.25, 0.3) is 0 Å². The van der Waals surface area contributed by atoms with Crippen LogP contribution in [0.5, 0.6) is 0 Å². The molecule has 0 amide bonds. The van der Waals surface area contributed by atoms with Crippen LogP contribution in [0.25, 0.3) is 10.9 Å². The molecular weight excluding hydrogens is 296 g/mol. The number of fused-ring (bicyclic) bond motifs is 1. The first-order chi connectivity index (χ1) is 11.8. The van der Waals surface area contributed by atoms with Crippen LogP contribution in [0.1, 0.15) is 29.5 Å². The summed E-state index contributed by atoms with van der Waals surface area (Å²) < 4.78 is 2.35. The first kappa shape index (κ1) is 16.7. The van der Waals surface area contributed by atoms with Crippen LogP contribution in [0.15, 0.2) is 54.7 Å². The average molecular weight is 322 g/mol. The maximum atomic E-state index is 8.86. The number of para-hydroxylation sites is 1. The van der Waals surface area contributed by atoms with Crippen molar-refractivity contribution in [3.63, 3.8) is 0 Å². The Kier molecular flexibility index (Phi) is 5.68. The lowest BCUT2D eigenvalue weighted by molar-refractivity contribution is 0.283. The van der Waals surface area contributed by atoms with Crippen molar-refractivity contribution >= 4 is 10.9 Å². The summed E-state index contributed by atoms with van der Waals surface area (Å²) in [5, 5.41) is 13.7. The minimum atomic E-state index is 0.275. The van der Waals surface area contributed by atoms with E-state index in [0.29, 0.717) is 0 Å². The summed E-state index contributed by atoms with van der Waals surface area (Å²) in [5.41, 5.74) is 5.32. The summed E-state index contributed by atoms with van der Waals surface area (Å²) in [5.74, 6) is 0. The van der Waals surface area contributed by atoms with E-state index in [1.165, 1.54) is 27.6 Å². The molecule has 3 aromatic rings. The lowest BCUT2D eigenvalue weighted by atomic mass is 10.1. The van der Waals surface area contributed by atoms with Gasteiger partial charge in [0.2, 0.25) is 0 Å². The Balaban J connectivity index is 1.80. The average Bonchev–Trinajstić information content (AvgIpc) is 2.95. The van der Waals surface area contributed by atoms with Crippen molar-refractivity contribution in [3.8, 4) is 0 Å². The SMILES string of the molecule is Cc1ccccc1Cn1cc(CNCCCCO)c2ccccc21. The van der Waals surface area contributed by atoms with E-state index in [-0.39, 0.29) is 6.61 Å². The number of aliphatic hydroxyl groups excluding tert-OH is 1. The molecule has 0 saturated heterocycles. The van der Waals surface area contributed by atoms with E-state index in [4.69, 9.17) is 5.11 Å². The fourth-order valence-electron chi connectivity index (χ4n) is 3.15. The summed E-state index contributed by atoms with van der Waals surface area (Å²) >= 11 is 0. The van der Waals surface area contributed by atoms with Crippen LogP contribution < -0.4 is 5.32 Å². The second kappa shape index (κ2) is 8.13. The van der Waals surface area contributed by atoms with Gasteiger partial charge in [0, 0.05) is 36.8 Å². The van der Waals surface area contributed by atoms with Crippen molar-refractivity contribution in [2.75, 3.05) is 13.2 Å². The molecule has 0 spiro atoms. The van der Waals surface area contributed by atoms with Gasteiger partial charge in [-0.1, -0.05) is 42.5 Å². The Hall–Kier alpha value is -2.10. The molecule has 0 atom stereocenters. The molecule has 0 radical (unpaired) electrons. The highest BCUT2D eigenvalue weighted by atomic mass is 16.2. The molecule has 3 nitrogen and oxygen atoms in total. The zero-order chi connectivity index (χ0) is 16.8. The van der Waals surface area contributed by atoms with Crippen molar-refractivity contribution in [2.45, 2.75) is 32.9 Å². The number of unbranched alkanes of at least 4 members (excludes halogenated alkanes) is 1. The second-order valence-corrected chi connectivity index (χ2v) is 6.33. The van der Waals surface area contributed by atoms with E-state index in [1.807, 2.05) is 0 Å². The van der Waals surface area contributed by atoms with Crippen molar-refractivity contribution in [3.05, 3.63) is 71.4 Å². The van der Waals surface area contributed by atoms with Crippen LogP contribution in [-0.4, -0.2) is 22.8 Å². The quantitative estimate of drug-likeness (QED) is 0.618. The predicted molar refractivity (Wildman–Crippen MR) is 100 cm³/mol. The molecule has 0 aliphatic rings. The van der Waals surface area contributed by atoms with Gasteiger partial charge >= 0.3 is 0 Å². The number of aryl methyl sites for hydroxylation is 1. The van der Waals surface area contributed by atoms with E-state index in [9.17, 15) is 0 Å². The fourth-order valence-corrected chi connectivity index (χ4v) is 3.15. The number of benzene rings is 2. The topological polar surface area (TPSA) is 37.2 Å². The number of hydrogen-bond acceptors (Lipinski definition) is 2. The Labute approximate surface area is 143 Å². The summed E-state index contributed by atoms with van der Waals surface area (Å²) in [6, 6.07) is 17.2. The molecule has 0 saturated carbocycles. The number of nitrogens with one attached hydrogen (secondary N) is 1. The predicted octanol–water partition coefficient (Wildman–Crippen LogP) is 3.86. The molecule has 0 aliphatic heterocycles. The van der Waals surface area contributed by atoms with Gasteiger partial charge in [-0.2, -0.15) is 0 Å². The Morgan fingerprint density at radius 1 is 0.958 bits per heavy atom. The molecule has 0 unspecified atom stereocenters. The molecule has 2 aromatic carbocycles. The van der Waals surface area contributed by atoms with Gasteiger partial charge in [0.1, 0.15) is 0 Å². The zero-order valence-corrected chi connectivity index (χ0v) is 14.3. The molecule has 0 fully saturated rings. The van der Waals surface area contributed by atoms with Crippen LogP contribution >= 0.6 is 0 Å². The van der Waals surface area contributed by atoms with Crippen molar-refractivity contribution in [2.24, 2.45) is 0 Å². The Morgan fingerprint density at radius 3 is 2.58 bits per heavy atom. The first-order valence-electron chi connectivity index (χ1n) is 8.72. The molecular formula is C21H26N2O. The number of rotatable bonds is 8. The maximum absolute atomic E-state index is 8.86. The fraction of sp³-hybridized carbons (Fsp3) is 0.333. The summed E-state index contributed by atoms with van der Waals surface area (Å²) in [6.45, 7) is 5.16. The lowest BCUT2D eigenvalue weighted by Crippen LogP contribution is -2.14. The van der Waals surface area contributed by atoms with Crippen LogP contribution in [-0.2, 0) is 13.1 Å². The number of nitrogens with zero attached hydrogens (tertiary/aromatic N) is 1. The minimum Gasteiger partial charge on any atom is -0.396 e. The molecule has 3 heteroatoms. The summed E-state index contributed by atoms with van der Waals surface area (Å²) in [6.07, 6.45) is 4.15. The number of hydrogen-bond donors (Lipinski definition) is 2. The van der Waals surface area contributed by atoms with Crippen LogP contribution in [0.3, 0.4) is 0 Å². The minimum absolute atomic E-state index is 0.275. The molecule has 126 valence electrons. The zero-order valence-electron chi connectivity index (χ0n) is 14.3. The summed E-state index contributed by atoms with van der Waals surface area (Å²) in [7, 11) is 0. The van der Waals surface area contributed by atoms with Gasteiger partial charge < -0.3 is 15.0 Å². The van der Waals surface area contributed by atoms with Gasteiger partial charge in [0.05, 0.1) is 0 Å². The van der Waals surface area contributed by atoms with Gasteiger partial charge in [-0.3, -0.25) is 0 Å². The highest BCUT2D eigenvalue weighted by Gasteiger charge is 2.09. The molecule has 24 heavy (non-hydrogen) atoms. The van der Waals surface area contributed by atoms with Crippen LogP contribution in [0, 0.1) is 6.92 Å². The van der Waals surface area contributed by atoms with Crippen molar-refractivity contribution < 1.29 is 5.11 Å². The van der Waals surface area contributed by atoms with E-state index in [2.05, 4.69) is 71.5 Å². The second-order valence-electron chi connectivity index (χ2n) is 6.33. The third kappa shape index (κ3) is 3.86. The van der Waals surface area contributed by atoms with Crippen molar-refractivity contribution in [1.82, 2.24) is 9.88 Å². The standard InChI is InChI=1S/C21H26N2O/c1-17-8-2-3-9-18(17)15-23-16-19(14-22-12-6-7-13-24)20-10-4-5-11-21(20)23/h2-5,8-11,16,22,24H,6-7,12-15H2,1H3. The monoisotopic (exact) mass is 322 g/mol. The van der Waals surface area contributed by atoms with Crippen LogP contribution in [0.2, 0.25) is 0 Å². The molecule has 0 bridgehead atoms. The van der Waals surface area contributed by atoms with E-state index in [0.717, 1.165) is 32.5 Å². The van der Waals surface area contributed by atoms with E-state index < -0.39 is 0 Å². The molecule has 2 N–H and O–H groups in total. The first-order valence-corrected chi connectivity index (χ1v) is 8.72. The normalized spacial score (nSPS) is 11.2. The highest BCUT2D eigenvalue weighted by Crippen LogP contribution is 2.23. The molecule has 0 aliphatic carbocycles. The smallest absolute Gasteiger partial charge is 0.0486 e. The van der Waals surface area contributed by atoms with E-state index >= 15 is 0 Å². The Morgan fingerprint density at radius 2 is 1.75 bits per heavy atom. The van der Waals surface area contributed by atoms with Crippen LogP contribution in [0.4, 0.5) is 0 Å². The Bertz CT molecular complexity index is 791. The largest absolute Gasteiger partial charge is 0.396 e. The van der Waals surface area contributed by atoms with E-state index in [1.54, 1.807) is 0 Å². The molecule has 3 rings (SSSR count). The lowest BCUT2D eigenvalue weighted by Gasteiger charge is -2.08.